The van der Waals surface area contributed by atoms with Gasteiger partial charge in [-0.15, -0.1) is 10.2 Å². The van der Waals surface area contributed by atoms with E-state index in [0.29, 0.717) is 15.7 Å². The van der Waals surface area contributed by atoms with Gasteiger partial charge in [0.15, 0.2) is 0 Å². The Kier molecular flexibility index (Phi) is 5.69. The molecule has 1 heterocycles. The molecule has 0 fully saturated rings. The van der Waals surface area contributed by atoms with Gasteiger partial charge >= 0.3 is 0 Å². The highest BCUT2D eigenvalue weighted by molar-refractivity contribution is 7.15. The topological polar surface area (TPSA) is 54.9 Å². The van der Waals surface area contributed by atoms with Crippen molar-refractivity contribution in [3.05, 3.63) is 88.4 Å². The van der Waals surface area contributed by atoms with Crippen LogP contribution >= 0.6 is 22.9 Å². The van der Waals surface area contributed by atoms with E-state index in [9.17, 15) is 4.79 Å². The Morgan fingerprint density at radius 2 is 1.62 bits per heavy atom. The quantitative estimate of drug-likeness (QED) is 0.410. The average Bonchev–Trinajstić information content (AvgIpc) is 3.22. The molecule has 0 saturated carbocycles. The molecular formula is C23H18ClN3OS. The number of carbonyl (C=O) groups is 1. The van der Waals surface area contributed by atoms with Gasteiger partial charge in [-0.05, 0) is 41.3 Å². The SMILES string of the molecule is CCc1nnc(NC(=O)c2ccc(Cl)c(-c3ccc(-c4ccccc4)cc3)c2)s1. The van der Waals surface area contributed by atoms with E-state index in [-0.39, 0.29) is 5.91 Å². The fourth-order valence-corrected chi connectivity index (χ4v) is 3.88. The second-order valence-corrected chi connectivity index (χ2v) is 7.92. The van der Waals surface area contributed by atoms with Crippen LogP contribution in [0.5, 0.6) is 0 Å². The van der Waals surface area contributed by atoms with Gasteiger partial charge in [-0.2, -0.15) is 0 Å². The lowest BCUT2D eigenvalue weighted by Crippen LogP contribution is -2.11. The van der Waals surface area contributed by atoms with Crippen LogP contribution in [0.25, 0.3) is 22.3 Å². The van der Waals surface area contributed by atoms with Gasteiger partial charge < -0.3 is 0 Å². The number of carbonyl (C=O) groups excluding carboxylic acids is 1. The molecule has 3 aromatic carbocycles. The summed E-state index contributed by atoms with van der Waals surface area (Å²) in [6.07, 6.45) is 0.789. The molecule has 29 heavy (non-hydrogen) atoms. The first-order chi connectivity index (χ1) is 14.1. The smallest absolute Gasteiger partial charge is 0.257 e. The molecule has 1 aromatic heterocycles. The number of rotatable bonds is 5. The van der Waals surface area contributed by atoms with Gasteiger partial charge in [-0.1, -0.05) is 84.5 Å². The Labute approximate surface area is 178 Å². The summed E-state index contributed by atoms with van der Waals surface area (Å²) >= 11 is 7.80. The molecule has 0 aliphatic rings. The molecule has 1 amide bonds. The fourth-order valence-electron chi connectivity index (χ4n) is 2.98. The summed E-state index contributed by atoms with van der Waals surface area (Å²) in [6.45, 7) is 2.00. The number of nitrogens with zero attached hydrogens (tertiary/aromatic N) is 2. The molecule has 0 bridgehead atoms. The lowest BCUT2D eigenvalue weighted by Gasteiger charge is -2.09. The van der Waals surface area contributed by atoms with E-state index in [1.807, 2.05) is 37.3 Å². The molecule has 0 saturated heterocycles. The predicted molar refractivity (Wildman–Crippen MR) is 120 cm³/mol. The van der Waals surface area contributed by atoms with Crippen molar-refractivity contribution in [3.8, 4) is 22.3 Å². The zero-order valence-electron chi connectivity index (χ0n) is 15.7. The lowest BCUT2D eigenvalue weighted by atomic mass is 9.99. The maximum Gasteiger partial charge on any atom is 0.257 e. The van der Waals surface area contributed by atoms with Crippen molar-refractivity contribution >= 4 is 34.0 Å². The maximum atomic E-state index is 12.6. The van der Waals surface area contributed by atoms with Gasteiger partial charge in [0.2, 0.25) is 5.13 Å². The normalized spacial score (nSPS) is 10.7. The van der Waals surface area contributed by atoms with Crippen molar-refractivity contribution in [2.45, 2.75) is 13.3 Å². The van der Waals surface area contributed by atoms with Gasteiger partial charge in [-0.25, -0.2) is 0 Å². The largest absolute Gasteiger partial charge is 0.296 e. The molecule has 4 rings (SSSR count). The summed E-state index contributed by atoms with van der Waals surface area (Å²) in [4.78, 5) is 12.6. The Morgan fingerprint density at radius 3 is 2.31 bits per heavy atom. The molecule has 4 nitrogen and oxygen atoms in total. The van der Waals surface area contributed by atoms with Gasteiger partial charge in [-0.3, -0.25) is 10.1 Å². The lowest BCUT2D eigenvalue weighted by molar-refractivity contribution is 0.102. The monoisotopic (exact) mass is 419 g/mol. The number of benzene rings is 3. The Hall–Kier alpha value is -3.02. The van der Waals surface area contributed by atoms with E-state index in [1.54, 1.807) is 18.2 Å². The van der Waals surface area contributed by atoms with Crippen LogP contribution in [0.4, 0.5) is 5.13 Å². The number of hydrogen-bond donors (Lipinski definition) is 1. The Balaban J connectivity index is 1.59. The number of nitrogens with one attached hydrogen (secondary N) is 1. The molecule has 6 heteroatoms. The molecule has 0 atom stereocenters. The molecule has 144 valence electrons. The average molecular weight is 420 g/mol. The van der Waals surface area contributed by atoms with Crippen LogP contribution in [0.2, 0.25) is 5.02 Å². The minimum absolute atomic E-state index is 0.234. The van der Waals surface area contributed by atoms with Crippen LogP contribution in [0.3, 0.4) is 0 Å². The number of aryl methyl sites for hydroxylation is 1. The van der Waals surface area contributed by atoms with E-state index in [0.717, 1.165) is 33.7 Å². The summed E-state index contributed by atoms with van der Waals surface area (Å²) in [5.41, 5.74) is 4.56. The van der Waals surface area contributed by atoms with Gasteiger partial charge in [0.1, 0.15) is 5.01 Å². The van der Waals surface area contributed by atoms with Crippen molar-refractivity contribution in [1.29, 1.82) is 0 Å². The predicted octanol–water partition coefficient (Wildman–Crippen LogP) is 6.34. The van der Waals surface area contributed by atoms with Crippen LogP contribution in [-0.4, -0.2) is 16.1 Å². The molecule has 0 radical (unpaired) electrons. The van der Waals surface area contributed by atoms with Crippen molar-refractivity contribution in [2.75, 3.05) is 5.32 Å². The summed E-state index contributed by atoms with van der Waals surface area (Å²) in [7, 11) is 0. The molecule has 0 aliphatic carbocycles. The first-order valence-electron chi connectivity index (χ1n) is 9.23. The highest BCUT2D eigenvalue weighted by atomic mass is 35.5. The molecule has 0 unspecified atom stereocenters. The third kappa shape index (κ3) is 4.36. The van der Waals surface area contributed by atoms with E-state index >= 15 is 0 Å². The van der Waals surface area contributed by atoms with Crippen LogP contribution < -0.4 is 5.32 Å². The van der Waals surface area contributed by atoms with Gasteiger partial charge in [0, 0.05) is 16.1 Å². The van der Waals surface area contributed by atoms with E-state index in [4.69, 9.17) is 11.6 Å². The van der Waals surface area contributed by atoms with Crippen LogP contribution in [0, 0.1) is 0 Å². The third-order valence-electron chi connectivity index (χ3n) is 4.52. The first-order valence-corrected chi connectivity index (χ1v) is 10.4. The van der Waals surface area contributed by atoms with E-state index in [2.05, 4.69) is 39.8 Å². The van der Waals surface area contributed by atoms with Crippen LogP contribution in [0.15, 0.2) is 72.8 Å². The number of amides is 1. The Bertz CT molecular complexity index is 1140. The zero-order valence-corrected chi connectivity index (χ0v) is 17.3. The molecule has 1 N–H and O–H groups in total. The number of aromatic nitrogens is 2. The Morgan fingerprint density at radius 1 is 0.931 bits per heavy atom. The maximum absolute atomic E-state index is 12.6. The molecule has 0 spiro atoms. The second-order valence-electron chi connectivity index (χ2n) is 6.45. The fraction of sp³-hybridized carbons (Fsp3) is 0.0870. The van der Waals surface area contributed by atoms with Crippen LogP contribution in [-0.2, 0) is 6.42 Å². The van der Waals surface area contributed by atoms with Crippen molar-refractivity contribution in [1.82, 2.24) is 10.2 Å². The van der Waals surface area contributed by atoms with Crippen molar-refractivity contribution < 1.29 is 4.79 Å². The molecule has 0 aliphatic heterocycles. The first kappa shape index (κ1) is 19.3. The summed E-state index contributed by atoms with van der Waals surface area (Å²) in [6, 6.07) is 23.6. The summed E-state index contributed by atoms with van der Waals surface area (Å²) in [5.74, 6) is -0.234. The minimum Gasteiger partial charge on any atom is -0.296 e. The third-order valence-corrected chi connectivity index (χ3v) is 5.83. The highest BCUT2D eigenvalue weighted by Gasteiger charge is 2.13. The standard InChI is InChI=1S/C23H18ClN3OS/c1-2-21-26-27-23(29-21)25-22(28)18-12-13-20(24)19(14-18)17-10-8-16(9-11-17)15-6-4-3-5-7-15/h3-14H,2H2,1H3,(H,25,27,28). The van der Waals surface area contributed by atoms with Gasteiger partial charge in [0.05, 0.1) is 0 Å². The van der Waals surface area contributed by atoms with Crippen molar-refractivity contribution in [2.24, 2.45) is 0 Å². The second kappa shape index (κ2) is 8.55. The summed E-state index contributed by atoms with van der Waals surface area (Å²) in [5, 5.41) is 12.8. The molecular weight excluding hydrogens is 402 g/mol. The van der Waals surface area contributed by atoms with E-state index < -0.39 is 0 Å². The number of halogens is 1. The highest BCUT2D eigenvalue weighted by Crippen LogP contribution is 2.31. The summed E-state index contributed by atoms with van der Waals surface area (Å²) < 4.78 is 0. The van der Waals surface area contributed by atoms with Gasteiger partial charge in [0.25, 0.3) is 5.91 Å². The zero-order chi connectivity index (χ0) is 20.2. The molecule has 4 aromatic rings. The van der Waals surface area contributed by atoms with E-state index in [1.165, 1.54) is 11.3 Å². The number of anilines is 1. The number of hydrogen-bond acceptors (Lipinski definition) is 4. The van der Waals surface area contributed by atoms with Crippen LogP contribution in [0.1, 0.15) is 22.3 Å². The minimum atomic E-state index is -0.234. The van der Waals surface area contributed by atoms with Crippen molar-refractivity contribution in [3.63, 3.8) is 0 Å².